The predicted molar refractivity (Wildman–Crippen MR) is 45.9 cm³/mol. The van der Waals surface area contributed by atoms with Gasteiger partial charge in [0, 0.05) is 5.56 Å². The molecule has 1 rings (SSSR count). The molecule has 0 aliphatic heterocycles. The summed E-state index contributed by atoms with van der Waals surface area (Å²) in [5.74, 6) is -0.00787. The Labute approximate surface area is 71.4 Å². The molecular weight excluding hydrogens is 150 g/mol. The highest BCUT2D eigenvalue weighted by molar-refractivity contribution is 5.94. The highest BCUT2D eigenvalue weighted by Crippen LogP contribution is 2.10. The van der Waals surface area contributed by atoms with Crippen molar-refractivity contribution in [1.29, 1.82) is 5.26 Å². The van der Waals surface area contributed by atoms with E-state index in [4.69, 9.17) is 5.26 Å². The van der Waals surface area contributed by atoms with E-state index in [9.17, 15) is 4.79 Å². The second-order valence-electron chi connectivity index (χ2n) is 2.70. The molecule has 0 amide bonds. The van der Waals surface area contributed by atoms with E-state index in [1.54, 1.807) is 18.2 Å². The Balaban J connectivity index is 3.25. The van der Waals surface area contributed by atoms with Crippen LogP contribution >= 0.6 is 0 Å². The second kappa shape index (κ2) is 3.19. The summed E-state index contributed by atoms with van der Waals surface area (Å²) in [7, 11) is 0. The predicted octanol–water partition coefficient (Wildman–Crippen LogP) is 2.07. The van der Waals surface area contributed by atoms with Crippen molar-refractivity contribution in [2.45, 2.75) is 13.8 Å². The summed E-state index contributed by atoms with van der Waals surface area (Å²) in [6.07, 6.45) is 0. The van der Waals surface area contributed by atoms with Gasteiger partial charge in [-0.05, 0) is 25.5 Å². The van der Waals surface area contributed by atoms with Crippen molar-refractivity contribution in [2.75, 3.05) is 0 Å². The molecule has 0 atom stereocenters. The maximum Gasteiger partial charge on any atom is 0.159 e. The largest absolute Gasteiger partial charge is 0.295 e. The smallest absolute Gasteiger partial charge is 0.159 e. The minimum atomic E-state index is -0.00787. The SMILES string of the molecule is CC(=O)c1ccc(C)c(C#N)c1. The summed E-state index contributed by atoms with van der Waals surface area (Å²) in [5, 5.41) is 8.66. The van der Waals surface area contributed by atoms with Crippen LogP contribution in [0.3, 0.4) is 0 Å². The van der Waals surface area contributed by atoms with Gasteiger partial charge in [-0.2, -0.15) is 5.26 Å². The third kappa shape index (κ3) is 1.51. The number of nitriles is 1. The van der Waals surface area contributed by atoms with Crippen LogP contribution in [0.5, 0.6) is 0 Å². The molecule has 60 valence electrons. The summed E-state index contributed by atoms with van der Waals surface area (Å²) < 4.78 is 0. The molecule has 1 aromatic carbocycles. The van der Waals surface area contributed by atoms with Crippen molar-refractivity contribution >= 4 is 5.78 Å². The van der Waals surface area contributed by atoms with E-state index in [0.29, 0.717) is 11.1 Å². The molecule has 12 heavy (non-hydrogen) atoms. The number of carbonyl (C=O) groups is 1. The normalized spacial score (nSPS) is 9.08. The number of aryl methyl sites for hydroxylation is 1. The van der Waals surface area contributed by atoms with E-state index in [2.05, 4.69) is 0 Å². The van der Waals surface area contributed by atoms with Gasteiger partial charge in [-0.15, -0.1) is 0 Å². The molecule has 1 aromatic rings. The Hall–Kier alpha value is -1.62. The summed E-state index contributed by atoms with van der Waals surface area (Å²) in [4.78, 5) is 10.9. The number of hydrogen-bond acceptors (Lipinski definition) is 2. The van der Waals surface area contributed by atoms with E-state index < -0.39 is 0 Å². The topological polar surface area (TPSA) is 40.9 Å². The van der Waals surface area contributed by atoms with Crippen LogP contribution in [0.4, 0.5) is 0 Å². The summed E-state index contributed by atoms with van der Waals surface area (Å²) in [5.41, 5.74) is 2.07. The van der Waals surface area contributed by atoms with Crippen molar-refractivity contribution < 1.29 is 4.79 Å². The number of hydrogen-bond donors (Lipinski definition) is 0. The lowest BCUT2D eigenvalue weighted by Crippen LogP contribution is -1.93. The first-order valence-corrected chi connectivity index (χ1v) is 3.67. The molecule has 0 unspecified atom stereocenters. The molecule has 0 spiro atoms. The van der Waals surface area contributed by atoms with Gasteiger partial charge in [0.15, 0.2) is 5.78 Å². The van der Waals surface area contributed by atoms with Crippen molar-refractivity contribution in [1.82, 2.24) is 0 Å². The molecule has 2 heteroatoms. The summed E-state index contributed by atoms with van der Waals surface area (Å²) in [6, 6.07) is 7.18. The third-order valence-electron chi connectivity index (χ3n) is 1.76. The number of Topliss-reactive ketones (excluding diaryl/α,β-unsaturated/α-hetero) is 1. The van der Waals surface area contributed by atoms with Gasteiger partial charge < -0.3 is 0 Å². The first-order chi connectivity index (χ1) is 5.65. The Bertz CT molecular complexity index is 361. The van der Waals surface area contributed by atoms with Gasteiger partial charge in [-0.3, -0.25) is 4.79 Å². The standard InChI is InChI=1S/C10H9NO/c1-7-3-4-9(8(2)12)5-10(7)6-11/h3-5H,1-2H3. The van der Waals surface area contributed by atoms with E-state index in [0.717, 1.165) is 5.56 Å². The molecule has 0 bridgehead atoms. The van der Waals surface area contributed by atoms with Gasteiger partial charge in [0.25, 0.3) is 0 Å². The van der Waals surface area contributed by atoms with E-state index in [1.807, 2.05) is 13.0 Å². The molecule has 0 aliphatic rings. The average molecular weight is 159 g/mol. The van der Waals surface area contributed by atoms with Crippen LogP contribution in [0.2, 0.25) is 0 Å². The van der Waals surface area contributed by atoms with Crippen LogP contribution in [0.1, 0.15) is 28.4 Å². The zero-order chi connectivity index (χ0) is 9.14. The second-order valence-corrected chi connectivity index (χ2v) is 2.70. The molecule has 0 aliphatic carbocycles. The number of benzene rings is 1. The number of rotatable bonds is 1. The average Bonchev–Trinajstić information content (AvgIpc) is 2.05. The maximum atomic E-state index is 10.9. The van der Waals surface area contributed by atoms with Crippen molar-refractivity contribution in [3.8, 4) is 6.07 Å². The van der Waals surface area contributed by atoms with Gasteiger partial charge in [0.05, 0.1) is 11.6 Å². The van der Waals surface area contributed by atoms with Crippen LogP contribution in [0.15, 0.2) is 18.2 Å². The van der Waals surface area contributed by atoms with Gasteiger partial charge >= 0.3 is 0 Å². The molecule has 2 nitrogen and oxygen atoms in total. The summed E-state index contributed by atoms with van der Waals surface area (Å²) in [6.45, 7) is 3.34. The van der Waals surface area contributed by atoms with Gasteiger partial charge in [0.2, 0.25) is 0 Å². The molecule has 0 saturated heterocycles. The minimum absolute atomic E-state index is 0.00787. The van der Waals surface area contributed by atoms with Gasteiger partial charge in [-0.25, -0.2) is 0 Å². The highest BCUT2D eigenvalue weighted by Gasteiger charge is 2.02. The Morgan fingerprint density at radius 2 is 2.17 bits per heavy atom. The third-order valence-corrected chi connectivity index (χ3v) is 1.76. The lowest BCUT2D eigenvalue weighted by atomic mass is 10.0. The fourth-order valence-electron chi connectivity index (χ4n) is 0.961. The minimum Gasteiger partial charge on any atom is -0.295 e. The fourth-order valence-corrected chi connectivity index (χ4v) is 0.961. The highest BCUT2D eigenvalue weighted by atomic mass is 16.1. The summed E-state index contributed by atoms with van der Waals surface area (Å²) >= 11 is 0. The van der Waals surface area contributed by atoms with E-state index in [-0.39, 0.29) is 5.78 Å². The Morgan fingerprint density at radius 3 is 2.67 bits per heavy atom. The van der Waals surface area contributed by atoms with Crippen molar-refractivity contribution in [2.24, 2.45) is 0 Å². The number of ketones is 1. The lowest BCUT2D eigenvalue weighted by Gasteiger charge is -1.98. The van der Waals surface area contributed by atoms with Crippen LogP contribution < -0.4 is 0 Å². The maximum absolute atomic E-state index is 10.9. The monoisotopic (exact) mass is 159 g/mol. The first kappa shape index (κ1) is 8.48. The zero-order valence-electron chi connectivity index (χ0n) is 7.09. The van der Waals surface area contributed by atoms with Crippen molar-refractivity contribution in [3.63, 3.8) is 0 Å². The van der Waals surface area contributed by atoms with E-state index >= 15 is 0 Å². The van der Waals surface area contributed by atoms with E-state index in [1.165, 1.54) is 6.92 Å². The molecule has 0 radical (unpaired) electrons. The Kier molecular flexibility index (Phi) is 2.25. The molecule has 0 heterocycles. The van der Waals surface area contributed by atoms with Gasteiger partial charge in [-0.1, -0.05) is 12.1 Å². The molecule has 0 saturated carbocycles. The van der Waals surface area contributed by atoms with Gasteiger partial charge in [0.1, 0.15) is 0 Å². The number of nitrogens with zero attached hydrogens (tertiary/aromatic N) is 1. The quantitative estimate of drug-likeness (QED) is 0.588. The molecule has 0 N–H and O–H groups in total. The molecule has 0 fully saturated rings. The zero-order valence-corrected chi connectivity index (χ0v) is 7.09. The molecular formula is C10H9NO. The van der Waals surface area contributed by atoms with Crippen molar-refractivity contribution in [3.05, 3.63) is 34.9 Å². The molecule has 0 aromatic heterocycles. The first-order valence-electron chi connectivity index (χ1n) is 3.67. The van der Waals surface area contributed by atoms with Crippen LogP contribution in [0, 0.1) is 18.3 Å². The lowest BCUT2D eigenvalue weighted by molar-refractivity contribution is 0.101. The fraction of sp³-hybridized carbons (Fsp3) is 0.200. The van der Waals surface area contributed by atoms with Crippen LogP contribution in [-0.4, -0.2) is 5.78 Å². The van der Waals surface area contributed by atoms with Crippen LogP contribution in [-0.2, 0) is 0 Å². The van der Waals surface area contributed by atoms with Crippen LogP contribution in [0.25, 0.3) is 0 Å². The number of carbonyl (C=O) groups excluding carboxylic acids is 1. The Morgan fingerprint density at radius 1 is 1.50 bits per heavy atom.